The van der Waals surface area contributed by atoms with Gasteiger partial charge in [-0.25, -0.2) is 9.98 Å². The van der Waals surface area contributed by atoms with E-state index in [2.05, 4.69) is 175 Å². The molecule has 62 heavy (non-hydrogen) atoms. The van der Waals surface area contributed by atoms with Crippen LogP contribution in [0, 0.1) is 5.92 Å². The number of para-hydroxylation sites is 4. The molecule has 0 bridgehead atoms. The molecular weight excluding hydrogens is 759 g/mol. The van der Waals surface area contributed by atoms with Gasteiger partial charge in [-0.15, -0.1) is 0 Å². The SMILES string of the molecule is CC1C/C=C(\c2cc3oc4ccccc4c3cc2-n2c3ccccc3c3cc4ccccc4cc32)N=C(c2ccc3ccccc3c2)N=C1c1cccc2c1oc1ccccc12. The summed E-state index contributed by atoms with van der Waals surface area (Å²) in [6, 6.07) is 64.5. The van der Waals surface area contributed by atoms with Crippen molar-refractivity contribution in [1.82, 2.24) is 4.57 Å². The fourth-order valence-corrected chi connectivity index (χ4v) is 9.78. The Morgan fingerprint density at radius 1 is 0.468 bits per heavy atom. The smallest absolute Gasteiger partial charge is 0.160 e. The molecule has 5 heteroatoms. The highest BCUT2D eigenvalue weighted by Crippen LogP contribution is 2.42. The summed E-state index contributed by atoms with van der Waals surface area (Å²) in [4.78, 5) is 11.3. The van der Waals surface area contributed by atoms with Crippen molar-refractivity contribution in [1.29, 1.82) is 0 Å². The predicted molar refractivity (Wildman–Crippen MR) is 258 cm³/mol. The Kier molecular flexibility index (Phi) is 7.58. The van der Waals surface area contributed by atoms with Crippen LogP contribution in [-0.4, -0.2) is 16.1 Å². The van der Waals surface area contributed by atoms with Gasteiger partial charge >= 0.3 is 0 Å². The first kappa shape index (κ1) is 34.8. The van der Waals surface area contributed by atoms with Crippen molar-refractivity contribution in [3.05, 3.63) is 205 Å². The van der Waals surface area contributed by atoms with Crippen LogP contribution in [0.5, 0.6) is 0 Å². The van der Waals surface area contributed by atoms with Crippen LogP contribution in [0.15, 0.2) is 207 Å². The minimum absolute atomic E-state index is 0.0211. The molecule has 5 nitrogen and oxygen atoms in total. The third-order valence-electron chi connectivity index (χ3n) is 12.8. The van der Waals surface area contributed by atoms with Crippen molar-refractivity contribution in [2.75, 3.05) is 0 Å². The molecule has 13 rings (SSSR count). The molecule has 1 aliphatic rings. The molecule has 12 aromatic rings. The summed E-state index contributed by atoms with van der Waals surface area (Å²) in [5, 5.41) is 11.4. The number of nitrogens with zero attached hydrogens (tertiary/aromatic N) is 3. The summed E-state index contributed by atoms with van der Waals surface area (Å²) in [6.07, 6.45) is 3.00. The van der Waals surface area contributed by atoms with Gasteiger partial charge in [-0.3, -0.25) is 0 Å². The second-order valence-corrected chi connectivity index (χ2v) is 16.5. The van der Waals surface area contributed by atoms with E-state index in [1.54, 1.807) is 0 Å². The lowest BCUT2D eigenvalue weighted by molar-refractivity contribution is 0.666. The van der Waals surface area contributed by atoms with Gasteiger partial charge in [-0.2, -0.15) is 0 Å². The fraction of sp³-hybridized carbons (Fsp3) is 0.0526. The number of furan rings is 2. The fourth-order valence-electron chi connectivity index (χ4n) is 9.78. The number of rotatable bonds is 4. The molecule has 0 aliphatic carbocycles. The van der Waals surface area contributed by atoms with E-state index in [-0.39, 0.29) is 5.92 Å². The maximum Gasteiger partial charge on any atom is 0.160 e. The maximum atomic E-state index is 6.64. The molecule has 9 aromatic carbocycles. The number of aliphatic imine (C=N–C) groups is 2. The van der Waals surface area contributed by atoms with Crippen LogP contribution in [0.1, 0.15) is 30.0 Å². The summed E-state index contributed by atoms with van der Waals surface area (Å²) in [5.41, 5.74) is 11.4. The van der Waals surface area contributed by atoms with E-state index in [0.29, 0.717) is 12.3 Å². The van der Waals surface area contributed by atoms with E-state index in [0.717, 1.165) is 94.1 Å². The lowest BCUT2D eigenvalue weighted by Crippen LogP contribution is -2.17. The second kappa shape index (κ2) is 13.5. The van der Waals surface area contributed by atoms with Crippen LogP contribution in [0.3, 0.4) is 0 Å². The van der Waals surface area contributed by atoms with Crippen molar-refractivity contribution in [3.63, 3.8) is 0 Å². The average molecular weight is 796 g/mol. The van der Waals surface area contributed by atoms with Crippen LogP contribution in [0.4, 0.5) is 0 Å². The third-order valence-corrected chi connectivity index (χ3v) is 12.8. The first-order chi connectivity index (χ1) is 30.6. The normalized spacial score (nSPS) is 15.8. The van der Waals surface area contributed by atoms with Crippen molar-refractivity contribution in [3.8, 4) is 5.69 Å². The van der Waals surface area contributed by atoms with Gasteiger partial charge < -0.3 is 13.4 Å². The highest BCUT2D eigenvalue weighted by molar-refractivity contribution is 6.21. The van der Waals surface area contributed by atoms with Gasteiger partial charge in [0.1, 0.15) is 22.3 Å². The molecular formula is C57H37N3O2. The Labute approximate surface area is 356 Å². The molecule has 3 aromatic heterocycles. The Bertz CT molecular complexity index is 3930. The molecule has 0 N–H and O–H groups in total. The zero-order valence-corrected chi connectivity index (χ0v) is 33.8. The van der Waals surface area contributed by atoms with E-state index in [4.69, 9.17) is 18.8 Å². The van der Waals surface area contributed by atoms with Gasteiger partial charge in [0.2, 0.25) is 0 Å². The number of fused-ring (bicyclic) bond motifs is 11. The summed E-state index contributed by atoms with van der Waals surface area (Å²) in [5.74, 6) is 0.660. The van der Waals surface area contributed by atoms with E-state index in [1.807, 2.05) is 24.3 Å². The van der Waals surface area contributed by atoms with E-state index in [9.17, 15) is 0 Å². The summed E-state index contributed by atoms with van der Waals surface area (Å²) in [7, 11) is 0. The maximum absolute atomic E-state index is 6.64. The number of hydrogen-bond donors (Lipinski definition) is 0. The molecule has 0 amide bonds. The molecule has 292 valence electrons. The molecule has 1 unspecified atom stereocenters. The van der Waals surface area contributed by atoms with Gasteiger partial charge in [0, 0.05) is 54.9 Å². The summed E-state index contributed by atoms with van der Waals surface area (Å²) < 4.78 is 15.7. The zero-order chi connectivity index (χ0) is 40.9. The first-order valence-electron chi connectivity index (χ1n) is 21.3. The topological polar surface area (TPSA) is 55.9 Å². The number of hydrogen-bond acceptors (Lipinski definition) is 4. The van der Waals surface area contributed by atoms with Gasteiger partial charge in [0.05, 0.1) is 28.1 Å². The predicted octanol–water partition coefficient (Wildman–Crippen LogP) is 15.2. The van der Waals surface area contributed by atoms with Crippen LogP contribution < -0.4 is 0 Å². The Morgan fingerprint density at radius 2 is 1.13 bits per heavy atom. The van der Waals surface area contributed by atoms with Crippen molar-refractivity contribution >= 4 is 104 Å². The minimum Gasteiger partial charge on any atom is -0.456 e. The lowest BCUT2D eigenvalue weighted by Gasteiger charge is -2.20. The third kappa shape index (κ3) is 5.35. The summed E-state index contributed by atoms with van der Waals surface area (Å²) >= 11 is 0. The highest BCUT2D eigenvalue weighted by atomic mass is 16.3. The van der Waals surface area contributed by atoms with Crippen molar-refractivity contribution in [2.45, 2.75) is 13.3 Å². The van der Waals surface area contributed by atoms with Crippen LogP contribution >= 0.6 is 0 Å². The molecule has 1 aliphatic heterocycles. The Balaban J connectivity index is 1.11. The zero-order valence-electron chi connectivity index (χ0n) is 33.8. The first-order valence-corrected chi connectivity index (χ1v) is 21.3. The highest BCUT2D eigenvalue weighted by Gasteiger charge is 2.25. The molecule has 0 radical (unpaired) electrons. The van der Waals surface area contributed by atoms with E-state index < -0.39 is 0 Å². The van der Waals surface area contributed by atoms with Crippen molar-refractivity contribution in [2.24, 2.45) is 15.9 Å². The van der Waals surface area contributed by atoms with Gasteiger partial charge in [0.25, 0.3) is 0 Å². The molecule has 4 heterocycles. The second-order valence-electron chi connectivity index (χ2n) is 16.5. The quantitative estimate of drug-likeness (QED) is 0.178. The number of aromatic nitrogens is 1. The van der Waals surface area contributed by atoms with Gasteiger partial charge in [-0.05, 0) is 82.6 Å². The molecule has 0 saturated heterocycles. The van der Waals surface area contributed by atoms with Crippen molar-refractivity contribution < 1.29 is 8.83 Å². The number of allylic oxidation sites excluding steroid dienone is 1. The minimum atomic E-state index is 0.0211. The van der Waals surface area contributed by atoms with Crippen LogP contribution in [-0.2, 0) is 0 Å². The number of benzene rings is 9. The number of amidine groups is 1. The monoisotopic (exact) mass is 795 g/mol. The molecule has 0 spiro atoms. The standard InChI is InChI=1S/C57H37N3O2/c1-34-25-28-48(58-57(39-27-26-35-13-2-3-14-36(35)29-39)59-55(34)44-21-12-20-43-41-18-7-11-24-53(41)62-56(43)44)47-33-54-46(42-19-8-10-23-52(42)61-54)32-51(47)60-49-22-9-6-17-40(49)45-30-37-15-4-5-16-38(37)31-50(45)60/h2-24,26-34H,25H2,1H3/b48-28+,58-57?,59-55?. The molecule has 0 fully saturated rings. The van der Waals surface area contributed by atoms with E-state index >= 15 is 0 Å². The van der Waals surface area contributed by atoms with Crippen LogP contribution in [0.2, 0.25) is 0 Å². The lowest BCUT2D eigenvalue weighted by atomic mass is 9.92. The molecule has 0 saturated carbocycles. The van der Waals surface area contributed by atoms with E-state index in [1.165, 1.54) is 26.9 Å². The average Bonchev–Trinajstić information content (AvgIpc) is 3.98. The summed E-state index contributed by atoms with van der Waals surface area (Å²) in [6.45, 7) is 2.26. The largest absolute Gasteiger partial charge is 0.456 e. The Hall–Kier alpha value is -8.02. The van der Waals surface area contributed by atoms with Crippen LogP contribution in [0.25, 0.3) is 98.6 Å². The Morgan fingerprint density at radius 3 is 1.95 bits per heavy atom. The van der Waals surface area contributed by atoms with Gasteiger partial charge in [-0.1, -0.05) is 140 Å². The van der Waals surface area contributed by atoms with Gasteiger partial charge in [0.15, 0.2) is 5.84 Å². The molecule has 1 atom stereocenters.